The number of amidine groups is 2. The van der Waals surface area contributed by atoms with E-state index in [1.807, 2.05) is 0 Å². The van der Waals surface area contributed by atoms with Crippen LogP contribution in [0.4, 0.5) is 0 Å². The Labute approximate surface area is 122 Å². The Hall–Kier alpha value is -3.26. The first-order chi connectivity index (χ1) is 9.97. The molecule has 0 bridgehead atoms. The summed E-state index contributed by atoms with van der Waals surface area (Å²) in [6, 6.07) is 11.6. The second kappa shape index (κ2) is 5.80. The molecule has 5 nitrogen and oxygen atoms in total. The molecule has 0 aliphatic rings. The van der Waals surface area contributed by atoms with Gasteiger partial charge < -0.3 is 16.6 Å². The molecule has 0 fully saturated rings. The van der Waals surface area contributed by atoms with E-state index in [2.05, 4.69) is 11.8 Å². The smallest absolute Gasteiger partial charge is 0.131 e. The van der Waals surface area contributed by atoms with Crippen molar-refractivity contribution in [3.63, 3.8) is 0 Å². The standard InChI is InChI=1S/C16H14N4O/c17-15(18)12-5-2-10(3-6-12)1-4-11-7-8-13(16(19)20)9-14(11)21/h2-3,5-9,21H,(H3,17,18)(H3,19,20). The Morgan fingerprint density at radius 2 is 1.43 bits per heavy atom. The van der Waals surface area contributed by atoms with Crippen molar-refractivity contribution in [2.24, 2.45) is 11.5 Å². The third-order valence-electron chi connectivity index (χ3n) is 2.85. The molecule has 0 aromatic heterocycles. The fourth-order valence-electron chi connectivity index (χ4n) is 1.68. The molecule has 0 saturated carbocycles. The number of phenolic OH excluding ortho intramolecular Hbond substituents is 1. The Morgan fingerprint density at radius 3 is 1.95 bits per heavy atom. The van der Waals surface area contributed by atoms with E-state index in [4.69, 9.17) is 22.3 Å². The minimum atomic E-state index is -0.107. The first kappa shape index (κ1) is 14.2. The normalized spacial score (nSPS) is 9.52. The van der Waals surface area contributed by atoms with Crippen LogP contribution in [-0.2, 0) is 0 Å². The van der Waals surface area contributed by atoms with E-state index in [9.17, 15) is 5.11 Å². The van der Waals surface area contributed by atoms with Crippen LogP contribution in [0, 0.1) is 22.7 Å². The predicted molar refractivity (Wildman–Crippen MR) is 82.6 cm³/mol. The second-order valence-electron chi connectivity index (χ2n) is 4.39. The molecule has 0 radical (unpaired) electrons. The lowest BCUT2D eigenvalue weighted by Crippen LogP contribution is -2.10. The number of nitrogens with one attached hydrogen (secondary N) is 2. The van der Waals surface area contributed by atoms with E-state index in [-0.39, 0.29) is 17.4 Å². The van der Waals surface area contributed by atoms with Crippen LogP contribution in [0.3, 0.4) is 0 Å². The maximum Gasteiger partial charge on any atom is 0.131 e. The van der Waals surface area contributed by atoms with Crippen LogP contribution in [0.1, 0.15) is 22.3 Å². The van der Waals surface area contributed by atoms with Crippen molar-refractivity contribution in [1.82, 2.24) is 0 Å². The molecule has 0 amide bonds. The van der Waals surface area contributed by atoms with Gasteiger partial charge in [-0.25, -0.2) is 0 Å². The van der Waals surface area contributed by atoms with Gasteiger partial charge in [0.15, 0.2) is 0 Å². The molecule has 0 unspecified atom stereocenters. The van der Waals surface area contributed by atoms with E-state index in [1.54, 1.807) is 36.4 Å². The molecule has 0 aliphatic carbocycles. The summed E-state index contributed by atoms with van der Waals surface area (Å²) in [6.07, 6.45) is 0. The summed E-state index contributed by atoms with van der Waals surface area (Å²) in [5, 5.41) is 24.4. The molecule has 0 saturated heterocycles. The summed E-state index contributed by atoms with van der Waals surface area (Å²) in [4.78, 5) is 0. The van der Waals surface area contributed by atoms with Crippen LogP contribution < -0.4 is 11.5 Å². The Balaban J connectivity index is 2.26. The molecular formula is C16H14N4O. The van der Waals surface area contributed by atoms with Gasteiger partial charge in [-0.1, -0.05) is 24.0 Å². The lowest BCUT2D eigenvalue weighted by molar-refractivity contribution is 0.473. The number of hydrogen-bond donors (Lipinski definition) is 5. The maximum absolute atomic E-state index is 9.84. The summed E-state index contributed by atoms with van der Waals surface area (Å²) in [7, 11) is 0. The van der Waals surface area contributed by atoms with E-state index in [0.717, 1.165) is 5.56 Å². The molecule has 0 aliphatic heterocycles. The van der Waals surface area contributed by atoms with E-state index < -0.39 is 0 Å². The molecule has 7 N–H and O–H groups in total. The molecule has 0 atom stereocenters. The number of nitrogens with two attached hydrogens (primary N) is 2. The zero-order valence-corrected chi connectivity index (χ0v) is 11.1. The third kappa shape index (κ3) is 3.39. The summed E-state index contributed by atoms with van der Waals surface area (Å²) < 4.78 is 0. The predicted octanol–water partition coefficient (Wildman–Crippen LogP) is 1.36. The van der Waals surface area contributed by atoms with E-state index >= 15 is 0 Å². The fraction of sp³-hybridized carbons (Fsp3) is 0. The lowest BCUT2D eigenvalue weighted by Gasteiger charge is -2.01. The molecule has 2 aromatic carbocycles. The third-order valence-corrected chi connectivity index (χ3v) is 2.85. The van der Waals surface area contributed by atoms with Gasteiger partial charge in [0.1, 0.15) is 17.4 Å². The molecular weight excluding hydrogens is 264 g/mol. The molecule has 21 heavy (non-hydrogen) atoms. The van der Waals surface area contributed by atoms with Crippen molar-refractivity contribution < 1.29 is 5.11 Å². The fourth-order valence-corrected chi connectivity index (χ4v) is 1.68. The minimum Gasteiger partial charge on any atom is -0.507 e. The van der Waals surface area contributed by atoms with Crippen molar-refractivity contribution in [1.29, 1.82) is 10.8 Å². The number of benzene rings is 2. The van der Waals surface area contributed by atoms with Gasteiger partial charge in [-0.05, 0) is 30.3 Å². The van der Waals surface area contributed by atoms with Gasteiger partial charge in [0, 0.05) is 16.7 Å². The zero-order chi connectivity index (χ0) is 15.4. The highest BCUT2D eigenvalue weighted by Gasteiger charge is 2.02. The van der Waals surface area contributed by atoms with Crippen molar-refractivity contribution in [3.8, 4) is 17.6 Å². The zero-order valence-electron chi connectivity index (χ0n) is 11.1. The summed E-state index contributed by atoms with van der Waals surface area (Å²) in [5.41, 5.74) is 13.0. The van der Waals surface area contributed by atoms with Crippen LogP contribution >= 0.6 is 0 Å². The van der Waals surface area contributed by atoms with Gasteiger partial charge in [-0.2, -0.15) is 0 Å². The Kier molecular flexibility index (Phi) is 3.91. The van der Waals surface area contributed by atoms with Gasteiger partial charge in [0.25, 0.3) is 0 Å². The first-order valence-corrected chi connectivity index (χ1v) is 6.11. The molecule has 2 rings (SSSR count). The number of hydrogen-bond acceptors (Lipinski definition) is 3. The number of aromatic hydroxyl groups is 1. The Morgan fingerprint density at radius 1 is 0.857 bits per heavy atom. The topological polar surface area (TPSA) is 120 Å². The number of nitrogen functional groups attached to an aromatic ring is 2. The van der Waals surface area contributed by atoms with Gasteiger partial charge in [-0.3, -0.25) is 10.8 Å². The quantitative estimate of drug-likeness (QED) is 0.324. The molecule has 2 aromatic rings. The number of phenols is 1. The Bertz CT molecular complexity index is 767. The minimum absolute atomic E-state index is 0.00646. The van der Waals surface area contributed by atoms with Crippen LogP contribution in [0.25, 0.3) is 0 Å². The largest absolute Gasteiger partial charge is 0.507 e. The van der Waals surface area contributed by atoms with Crippen LogP contribution in [0.15, 0.2) is 42.5 Å². The highest BCUT2D eigenvalue weighted by Crippen LogP contribution is 2.17. The van der Waals surface area contributed by atoms with Crippen molar-refractivity contribution in [2.75, 3.05) is 0 Å². The monoisotopic (exact) mass is 278 g/mol. The van der Waals surface area contributed by atoms with Crippen LogP contribution in [-0.4, -0.2) is 16.8 Å². The molecule has 0 heterocycles. The second-order valence-corrected chi connectivity index (χ2v) is 4.39. The van der Waals surface area contributed by atoms with Gasteiger partial charge >= 0.3 is 0 Å². The van der Waals surface area contributed by atoms with Gasteiger partial charge in [-0.15, -0.1) is 0 Å². The SMILES string of the molecule is N=C(N)c1ccc(C#Cc2ccc(C(=N)N)cc2O)cc1. The summed E-state index contributed by atoms with van der Waals surface area (Å²) in [5.74, 6) is 5.64. The summed E-state index contributed by atoms with van der Waals surface area (Å²) >= 11 is 0. The molecule has 0 spiro atoms. The lowest BCUT2D eigenvalue weighted by atomic mass is 10.1. The number of rotatable bonds is 2. The van der Waals surface area contributed by atoms with Crippen LogP contribution in [0.5, 0.6) is 5.75 Å². The van der Waals surface area contributed by atoms with Crippen molar-refractivity contribution in [2.45, 2.75) is 0 Å². The van der Waals surface area contributed by atoms with Gasteiger partial charge in [0.2, 0.25) is 0 Å². The van der Waals surface area contributed by atoms with E-state index in [1.165, 1.54) is 6.07 Å². The van der Waals surface area contributed by atoms with E-state index in [0.29, 0.717) is 16.7 Å². The average molecular weight is 278 g/mol. The molecule has 104 valence electrons. The highest BCUT2D eigenvalue weighted by atomic mass is 16.3. The maximum atomic E-state index is 9.84. The van der Waals surface area contributed by atoms with Crippen LogP contribution in [0.2, 0.25) is 0 Å². The average Bonchev–Trinajstić information content (AvgIpc) is 2.46. The first-order valence-electron chi connectivity index (χ1n) is 6.11. The van der Waals surface area contributed by atoms with Crippen molar-refractivity contribution >= 4 is 11.7 Å². The summed E-state index contributed by atoms with van der Waals surface area (Å²) in [6.45, 7) is 0. The molecule has 5 heteroatoms. The highest BCUT2D eigenvalue weighted by molar-refractivity contribution is 5.95. The van der Waals surface area contributed by atoms with Crippen molar-refractivity contribution in [3.05, 3.63) is 64.7 Å². The van der Waals surface area contributed by atoms with Gasteiger partial charge in [0.05, 0.1) is 5.56 Å².